The number of methoxy groups -OCH3 is 1. The van der Waals surface area contributed by atoms with Crippen LogP contribution >= 0.6 is 24.8 Å². The summed E-state index contributed by atoms with van der Waals surface area (Å²) < 4.78 is 7.45. The third-order valence-corrected chi connectivity index (χ3v) is 5.69. The molecule has 0 amide bonds. The lowest BCUT2D eigenvalue weighted by Gasteiger charge is -2.34. The zero-order valence-corrected chi connectivity index (χ0v) is 20.2. The van der Waals surface area contributed by atoms with Gasteiger partial charge < -0.3 is 15.4 Å². The highest BCUT2D eigenvalue weighted by Crippen LogP contribution is 2.26. The van der Waals surface area contributed by atoms with Gasteiger partial charge in [-0.15, -0.1) is 29.9 Å². The smallest absolute Gasteiger partial charge is 0.156 e. The molecule has 0 aliphatic carbocycles. The van der Waals surface area contributed by atoms with E-state index in [-0.39, 0.29) is 24.8 Å². The standard InChI is InChI=1S/C23H30N6O.2ClH/c1-3-8-22-26-27-28-29(22)19-12-13-21(30-2)18(15-19)16-25-20-11-7-14-24-23(20)17-9-5-4-6-10-17;;/h4-6,9-10,12-13,15,20,23-25H,3,7-8,11,14,16H2,1-2H3;2*1H. The molecule has 0 saturated carbocycles. The van der Waals surface area contributed by atoms with Crippen molar-refractivity contribution in [3.05, 3.63) is 65.5 Å². The van der Waals surface area contributed by atoms with Gasteiger partial charge in [-0.3, -0.25) is 0 Å². The Kier molecular flexibility index (Phi) is 10.4. The first-order valence-corrected chi connectivity index (χ1v) is 10.8. The highest BCUT2D eigenvalue weighted by molar-refractivity contribution is 5.85. The lowest BCUT2D eigenvalue weighted by atomic mass is 9.92. The van der Waals surface area contributed by atoms with E-state index in [4.69, 9.17) is 4.74 Å². The van der Waals surface area contributed by atoms with Crippen LogP contribution in [0.5, 0.6) is 5.75 Å². The van der Waals surface area contributed by atoms with E-state index in [2.05, 4.69) is 69.5 Å². The minimum absolute atomic E-state index is 0. The van der Waals surface area contributed by atoms with Crippen LogP contribution in [0.4, 0.5) is 0 Å². The van der Waals surface area contributed by atoms with Gasteiger partial charge in [-0.25, -0.2) is 0 Å². The molecule has 2 atom stereocenters. The molecule has 1 aromatic heterocycles. The molecule has 1 saturated heterocycles. The number of nitrogens with zero attached hydrogens (tertiary/aromatic N) is 4. The van der Waals surface area contributed by atoms with E-state index in [1.807, 2.05) is 16.8 Å². The number of ether oxygens (including phenoxy) is 1. The SMILES string of the molecule is CCCc1nnnn1-c1ccc(OC)c(CNC2CCCNC2c2ccccc2)c1.Cl.Cl. The number of piperidine rings is 1. The van der Waals surface area contributed by atoms with Crippen molar-refractivity contribution in [2.24, 2.45) is 0 Å². The maximum atomic E-state index is 5.63. The number of benzene rings is 2. The fourth-order valence-electron chi connectivity index (χ4n) is 4.18. The average molecular weight is 479 g/mol. The lowest BCUT2D eigenvalue weighted by molar-refractivity contribution is 0.303. The number of hydrogen-bond acceptors (Lipinski definition) is 6. The molecular weight excluding hydrogens is 447 g/mol. The van der Waals surface area contributed by atoms with Crippen molar-refractivity contribution in [2.45, 2.75) is 51.2 Å². The fraction of sp³-hybridized carbons (Fsp3) is 0.435. The molecule has 1 aliphatic rings. The predicted octanol–water partition coefficient (Wildman–Crippen LogP) is 4.05. The third-order valence-electron chi connectivity index (χ3n) is 5.69. The summed E-state index contributed by atoms with van der Waals surface area (Å²) in [5.74, 6) is 1.75. The largest absolute Gasteiger partial charge is 0.496 e. The summed E-state index contributed by atoms with van der Waals surface area (Å²) >= 11 is 0. The van der Waals surface area contributed by atoms with E-state index in [0.717, 1.165) is 55.2 Å². The van der Waals surface area contributed by atoms with Gasteiger partial charge in [0.05, 0.1) is 12.8 Å². The fourth-order valence-corrected chi connectivity index (χ4v) is 4.18. The van der Waals surface area contributed by atoms with Crippen LogP contribution in [-0.2, 0) is 13.0 Å². The molecule has 2 aromatic carbocycles. The summed E-state index contributed by atoms with van der Waals surface area (Å²) in [5.41, 5.74) is 3.39. The van der Waals surface area contributed by atoms with E-state index in [1.54, 1.807) is 7.11 Å². The summed E-state index contributed by atoms with van der Waals surface area (Å²) in [4.78, 5) is 0. The minimum Gasteiger partial charge on any atom is -0.496 e. The minimum atomic E-state index is 0. The number of tetrazole rings is 1. The van der Waals surface area contributed by atoms with Gasteiger partial charge in [0.25, 0.3) is 0 Å². The molecule has 0 radical (unpaired) electrons. The predicted molar refractivity (Wildman–Crippen MR) is 131 cm³/mol. The van der Waals surface area contributed by atoms with E-state index >= 15 is 0 Å². The Morgan fingerprint density at radius 2 is 1.97 bits per heavy atom. The lowest BCUT2D eigenvalue weighted by Crippen LogP contribution is -2.45. The molecule has 1 fully saturated rings. The maximum absolute atomic E-state index is 5.63. The van der Waals surface area contributed by atoms with Gasteiger partial charge in [0.15, 0.2) is 5.82 Å². The number of rotatable bonds is 8. The van der Waals surface area contributed by atoms with Gasteiger partial charge in [0.2, 0.25) is 0 Å². The molecule has 9 heteroatoms. The summed E-state index contributed by atoms with van der Waals surface area (Å²) in [6, 6.07) is 17.5. The summed E-state index contributed by atoms with van der Waals surface area (Å²) in [6.45, 7) is 3.90. The van der Waals surface area contributed by atoms with Gasteiger partial charge in [-0.1, -0.05) is 37.3 Å². The van der Waals surface area contributed by atoms with Gasteiger partial charge in [-0.2, -0.15) is 4.68 Å². The van der Waals surface area contributed by atoms with Crippen molar-refractivity contribution in [2.75, 3.05) is 13.7 Å². The first kappa shape index (κ1) is 26.1. The molecule has 0 bridgehead atoms. The first-order valence-electron chi connectivity index (χ1n) is 10.8. The first-order chi connectivity index (χ1) is 14.8. The average Bonchev–Trinajstić information content (AvgIpc) is 3.27. The second kappa shape index (κ2) is 12.7. The topological polar surface area (TPSA) is 76.9 Å². The van der Waals surface area contributed by atoms with E-state index in [1.165, 1.54) is 12.0 Å². The van der Waals surface area contributed by atoms with Crippen LogP contribution in [-0.4, -0.2) is 39.9 Å². The molecule has 2 N–H and O–H groups in total. The van der Waals surface area contributed by atoms with Crippen molar-refractivity contribution >= 4 is 24.8 Å². The second-order valence-corrected chi connectivity index (χ2v) is 7.73. The van der Waals surface area contributed by atoms with Gasteiger partial charge in [0, 0.05) is 30.6 Å². The van der Waals surface area contributed by atoms with Crippen LogP contribution < -0.4 is 15.4 Å². The molecule has 3 aromatic rings. The Labute approximate surface area is 202 Å². The molecule has 2 heterocycles. The summed E-state index contributed by atoms with van der Waals surface area (Å²) in [6.07, 6.45) is 4.16. The Morgan fingerprint density at radius 3 is 2.72 bits per heavy atom. The van der Waals surface area contributed by atoms with Crippen LogP contribution in [0.2, 0.25) is 0 Å². The number of aryl methyl sites for hydroxylation is 1. The van der Waals surface area contributed by atoms with Crippen LogP contribution in [0, 0.1) is 0 Å². The molecule has 2 unspecified atom stereocenters. The zero-order valence-electron chi connectivity index (χ0n) is 18.5. The van der Waals surface area contributed by atoms with Crippen molar-refractivity contribution < 1.29 is 4.74 Å². The Hall–Kier alpha value is -2.19. The van der Waals surface area contributed by atoms with E-state index in [9.17, 15) is 0 Å². The molecule has 32 heavy (non-hydrogen) atoms. The molecule has 4 rings (SSSR count). The van der Waals surface area contributed by atoms with Crippen LogP contribution in [0.25, 0.3) is 5.69 Å². The highest BCUT2D eigenvalue weighted by atomic mass is 35.5. The van der Waals surface area contributed by atoms with Crippen molar-refractivity contribution in [3.8, 4) is 11.4 Å². The molecular formula is C23H32Cl2N6O. The van der Waals surface area contributed by atoms with Crippen molar-refractivity contribution in [1.29, 1.82) is 0 Å². The van der Waals surface area contributed by atoms with Crippen LogP contribution in [0.3, 0.4) is 0 Å². The Balaban J connectivity index is 0.00000181. The quantitative estimate of drug-likeness (QED) is 0.508. The summed E-state index contributed by atoms with van der Waals surface area (Å²) in [5, 5.41) is 19.7. The van der Waals surface area contributed by atoms with Gasteiger partial charge >= 0.3 is 0 Å². The van der Waals surface area contributed by atoms with Gasteiger partial charge in [0.1, 0.15) is 5.75 Å². The van der Waals surface area contributed by atoms with Crippen molar-refractivity contribution in [1.82, 2.24) is 30.8 Å². The Bertz CT molecular complexity index is 953. The monoisotopic (exact) mass is 478 g/mol. The van der Waals surface area contributed by atoms with E-state index < -0.39 is 0 Å². The third kappa shape index (κ3) is 5.98. The second-order valence-electron chi connectivity index (χ2n) is 7.73. The number of aromatic nitrogens is 4. The van der Waals surface area contributed by atoms with Crippen molar-refractivity contribution in [3.63, 3.8) is 0 Å². The van der Waals surface area contributed by atoms with Gasteiger partial charge in [-0.05, 0) is 60.0 Å². The molecule has 0 spiro atoms. The molecule has 174 valence electrons. The number of nitrogens with one attached hydrogen (secondary N) is 2. The highest BCUT2D eigenvalue weighted by Gasteiger charge is 2.25. The number of hydrogen-bond donors (Lipinski definition) is 2. The maximum Gasteiger partial charge on any atom is 0.156 e. The van der Waals surface area contributed by atoms with E-state index in [0.29, 0.717) is 12.1 Å². The van der Waals surface area contributed by atoms with Crippen LogP contribution in [0.1, 0.15) is 49.2 Å². The molecule has 1 aliphatic heterocycles. The normalized spacial score (nSPS) is 17.8. The summed E-state index contributed by atoms with van der Waals surface area (Å²) in [7, 11) is 1.72. The zero-order chi connectivity index (χ0) is 20.8. The van der Waals surface area contributed by atoms with Crippen LogP contribution in [0.15, 0.2) is 48.5 Å². The number of halogens is 2. The Morgan fingerprint density at radius 1 is 1.16 bits per heavy atom. The molecule has 7 nitrogen and oxygen atoms in total.